The third-order valence-electron chi connectivity index (χ3n) is 5.01. The van der Waals surface area contributed by atoms with E-state index in [9.17, 15) is 0 Å². The van der Waals surface area contributed by atoms with Gasteiger partial charge in [0.15, 0.2) is 0 Å². The number of pyridine rings is 1. The van der Waals surface area contributed by atoms with Crippen molar-refractivity contribution in [3.8, 4) is 16.9 Å². The largest absolute Gasteiger partial charge is 0.493 e. The molecule has 25 heavy (non-hydrogen) atoms. The Morgan fingerprint density at radius 1 is 1.12 bits per heavy atom. The second-order valence-corrected chi connectivity index (χ2v) is 6.73. The molecule has 0 fully saturated rings. The molecule has 0 saturated heterocycles. The van der Waals surface area contributed by atoms with Crippen LogP contribution in [-0.2, 0) is 6.42 Å². The van der Waals surface area contributed by atoms with E-state index in [0.717, 1.165) is 38.2 Å². The van der Waals surface area contributed by atoms with Crippen LogP contribution in [0, 0.1) is 0 Å². The number of unbranched alkanes of at least 4 members (excludes halogenated alkanes) is 1. The smallest absolute Gasteiger partial charge is 0.127 e. The molecule has 0 atom stereocenters. The molecule has 2 aromatic carbocycles. The Morgan fingerprint density at radius 2 is 2.00 bits per heavy atom. The summed E-state index contributed by atoms with van der Waals surface area (Å²) in [5, 5.41) is 2.46. The predicted molar refractivity (Wildman–Crippen MR) is 105 cm³/mol. The average Bonchev–Trinajstić information content (AvgIpc) is 3.03. The lowest BCUT2D eigenvalue weighted by Crippen LogP contribution is -2.13. The fraction of sp³-hybridized carbons (Fsp3) is 0.318. The molecule has 0 unspecified atom stereocenters. The van der Waals surface area contributed by atoms with Gasteiger partial charge in [-0.05, 0) is 35.2 Å². The molecule has 0 amide bonds. The first-order valence-corrected chi connectivity index (χ1v) is 9.12. The number of aromatic nitrogens is 1. The van der Waals surface area contributed by atoms with Gasteiger partial charge in [-0.2, -0.15) is 0 Å². The maximum Gasteiger partial charge on any atom is 0.127 e. The van der Waals surface area contributed by atoms with Crippen LogP contribution in [0.2, 0.25) is 0 Å². The van der Waals surface area contributed by atoms with Gasteiger partial charge in [0.05, 0.1) is 12.3 Å². The number of anilines is 1. The molecule has 0 N–H and O–H groups in total. The highest BCUT2D eigenvalue weighted by molar-refractivity contribution is 6.03. The summed E-state index contributed by atoms with van der Waals surface area (Å²) in [7, 11) is 2.16. The van der Waals surface area contributed by atoms with E-state index in [1.54, 1.807) is 0 Å². The molecule has 3 heteroatoms. The van der Waals surface area contributed by atoms with E-state index < -0.39 is 0 Å². The Kier molecular flexibility index (Phi) is 4.31. The molecule has 1 aliphatic rings. The summed E-state index contributed by atoms with van der Waals surface area (Å²) >= 11 is 0. The van der Waals surface area contributed by atoms with Gasteiger partial charge >= 0.3 is 0 Å². The number of benzene rings is 2. The van der Waals surface area contributed by atoms with Gasteiger partial charge in [-0.1, -0.05) is 43.7 Å². The van der Waals surface area contributed by atoms with Crippen LogP contribution in [0.1, 0.15) is 25.3 Å². The van der Waals surface area contributed by atoms with Crippen molar-refractivity contribution in [2.24, 2.45) is 0 Å². The molecule has 3 nitrogen and oxygen atoms in total. The minimum Gasteiger partial charge on any atom is -0.493 e. The molecular formula is C22H24N2O. The summed E-state index contributed by atoms with van der Waals surface area (Å²) < 4.78 is 6.19. The molecule has 3 aromatic rings. The lowest BCUT2D eigenvalue weighted by molar-refractivity contribution is 0.311. The monoisotopic (exact) mass is 332 g/mol. The van der Waals surface area contributed by atoms with Crippen LogP contribution in [0.4, 0.5) is 5.69 Å². The first-order valence-electron chi connectivity index (χ1n) is 9.12. The lowest BCUT2D eigenvalue weighted by atomic mass is 9.96. The highest BCUT2D eigenvalue weighted by Gasteiger charge is 2.23. The number of hydrogen-bond acceptors (Lipinski definition) is 3. The van der Waals surface area contributed by atoms with Gasteiger partial charge in [0.1, 0.15) is 5.75 Å². The highest BCUT2D eigenvalue weighted by atomic mass is 16.5. The van der Waals surface area contributed by atoms with Crippen molar-refractivity contribution in [3.63, 3.8) is 0 Å². The molecule has 0 radical (unpaired) electrons. The number of rotatable bonds is 5. The van der Waals surface area contributed by atoms with E-state index in [0.29, 0.717) is 0 Å². The van der Waals surface area contributed by atoms with E-state index in [1.807, 2.05) is 12.4 Å². The molecular weight excluding hydrogens is 308 g/mol. The Balaban J connectivity index is 1.94. The van der Waals surface area contributed by atoms with Gasteiger partial charge in [-0.25, -0.2) is 0 Å². The van der Waals surface area contributed by atoms with Crippen molar-refractivity contribution in [2.45, 2.75) is 26.2 Å². The van der Waals surface area contributed by atoms with Crippen molar-refractivity contribution in [1.29, 1.82) is 0 Å². The third kappa shape index (κ3) is 2.84. The normalized spacial score (nSPS) is 13.3. The van der Waals surface area contributed by atoms with E-state index >= 15 is 0 Å². The topological polar surface area (TPSA) is 25.4 Å². The van der Waals surface area contributed by atoms with Crippen LogP contribution >= 0.6 is 0 Å². The first kappa shape index (κ1) is 15.9. The van der Waals surface area contributed by atoms with Crippen molar-refractivity contribution < 1.29 is 4.74 Å². The van der Waals surface area contributed by atoms with Crippen molar-refractivity contribution >= 4 is 16.5 Å². The molecule has 0 bridgehead atoms. The van der Waals surface area contributed by atoms with Gasteiger partial charge in [-0.15, -0.1) is 0 Å². The summed E-state index contributed by atoms with van der Waals surface area (Å²) in [5.41, 5.74) is 4.98. The number of fused-ring (bicyclic) bond motifs is 2. The van der Waals surface area contributed by atoms with Crippen LogP contribution in [0.15, 0.2) is 48.8 Å². The first-order chi connectivity index (χ1) is 12.3. The number of hydrogen-bond donors (Lipinski definition) is 0. The summed E-state index contributed by atoms with van der Waals surface area (Å²) in [6.07, 6.45) is 7.26. The number of likely N-dealkylation sites (N-methyl/N-ethyl adjacent to an activating group) is 1. The van der Waals surface area contributed by atoms with Gasteiger partial charge in [-0.3, -0.25) is 4.98 Å². The zero-order valence-electron chi connectivity index (χ0n) is 15.0. The molecule has 4 rings (SSSR count). The van der Waals surface area contributed by atoms with Crippen molar-refractivity contribution in [3.05, 3.63) is 54.4 Å². The zero-order valence-corrected chi connectivity index (χ0v) is 15.0. The minimum atomic E-state index is 0.750. The van der Waals surface area contributed by atoms with Gasteiger partial charge in [0.2, 0.25) is 0 Å². The number of nitrogens with zero attached hydrogens (tertiary/aromatic N) is 2. The van der Waals surface area contributed by atoms with Crippen molar-refractivity contribution in [1.82, 2.24) is 4.98 Å². The highest BCUT2D eigenvalue weighted by Crippen LogP contribution is 2.44. The van der Waals surface area contributed by atoms with E-state index in [4.69, 9.17) is 4.74 Å². The molecule has 1 aromatic heterocycles. The van der Waals surface area contributed by atoms with Crippen molar-refractivity contribution in [2.75, 3.05) is 25.1 Å². The fourth-order valence-corrected chi connectivity index (χ4v) is 3.69. The average molecular weight is 332 g/mol. The molecule has 2 heterocycles. The fourth-order valence-electron chi connectivity index (χ4n) is 3.69. The molecule has 0 aliphatic carbocycles. The second kappa shape index (κ2) is 6.75. The Bertz CT molecular complexity index is 904. The van der Waals surface area contributed by atoms with E-state index in [2.05, 4.69) is 60.3 Å². The summed E-state index contributed by atoms with van der Waals surface area (Å²) in [6.45, 7) is 3.98. The SMILES string of the molecule is CCCCOc1ccc2ccccc2c1-c1cncc2c1N(C)CC2. The van der Waals surface area contributed by atoms with Gasteiger partial charge in [0.25, 0.3) is 0 Å². The quantitative estimate of drug-likeness (QED) is 0.610. The molecule has 0 saturated carbocycles. The number of ether oxygens (including phenoxy) is 1. The third-order valence-corrected chi connectivity index (χ3v) is 5.01. The molecule has 128 valence electrons. The molecule has 0 spiro atoms. The maximum absolute atomic E-state index is 6.19. The van der Waals surface area contributed by atoms with Gasteiger partial charge < -0.3 is 9.64 Å². The molecule has 1 aliphatic heterocycles. The Morgan fingerprint density at radius 3 is 2.88 bits per heavy atom. The van der Waals surface area contributed by atoms with Crippen LogP contribution in [0.3, 0.4) is 0 Å². The van der Waals surface area contributed by atoms with Crippen LogP contribution in [0.5, 0.6) is 5.75 Å². The summed E-state index contributed by atoms with van der Waals surface area (Å²) in [6, 6.07) is 12.8. The lowest BCUT2D eigenvalue weighted by Gasteiger charge is -2.20. The van der Waals surface area contributed by atoms with E-state index in [1.165, 1.54) is 33.2 Å². The van der Waals surface area contributed by atoms with Crippen LogP contribution in [-0.4, -0.2) is 25.2 Å². The van der Waals surface area contributed by atoms with Crippen LogP contribution < -0.4 is 9.64 Å². The zero-order chi connectivity index (χ0) is 17.2. The second-order valence-electron chi connectivity index (χ2n) is 6.73. The minimum absolute atomic E-state index is 0.750. The Labute approximate surface area is 149 Å². The Hall–Kier alpha value is -2.55. The van der Waals surface area contributed by atoms with Gasteiger partial charge in [0, 0.05) is 37.1 Å². The summed E-state index contributed by atoms with van der Waals surface area (Å²) in [4.78, 5) is 6.87. The summed E-state index contributed by atoms with van der Waals surface area (Å²) in [5.74, 6) is 0.961. The van der Waals surface area contributed by atoms with E-state index in [-0.39, 0.29) is 0 Å². The van der Waals surface area contributed by atoms with Crippen LogP contribution in [0.25, 0.3) is 21.9 Å². The predicted octanol–water partition coefficient (Wildman–Crippen LogP) is 5.07. The standard InChI is InChI=1S/C22H24N2O/c1-3-4-13-25-20-10-9-16-7-5-6-8-18(16)21(20)19-15-23-14-17-11-12-24(2)22(17)19/h5-10,14-15H,3-4,11-13H2,1-2H3. The maximum atomic E-state index is 6.19.